The molecule has 0 amide bonds. The fraction of sp³-hybridized carbons (Fsp3) is 0.714. The number of aliphatic carboxylic acids is 1. The van der Waals surface area contributed by atoms with E-state index in [0.717, 1.165) is 7.11 Å². The van der Waals surface area contributed by atoms with E-state index in [1.54, 1.807) is 0 Å². The van der Waals surface area contributed by atoms with Crippen LogP contribution in [-0.4, -0.2) is 41.5 Å². The monoisotopic (exact) mass is 230 g/mol. The first-order chi connectivity index (χ1) is 6.70. The third kappa shape index (κ3) is 4.15. The highest BCUT2D eigenvalue weighted by atomic mass is 19.4. The number of carboxylic acid groups (broad SMARTS) is 1. The van der Waals surface area contributed by atoms with Crippen LogP contribution in [0.3, 0.4) is 0 Å². The van der Waals surface area contributed by atoms with Gasteiger partial charge in [-0.25, -0.2) is 0 Å². The number of carbonyl (C=O) groups excluding carboxylic acids is 1. The maximum Gasteiger partial charge on any atom is 0.414 e. The zero-order valence-corrected chi connectivity index (χ0v) is 7.61. The van der Waals surface area contributed by atoms with Crippen LogP contribution in [-0.2, 0) is 14.3 Å². The van der Waals surface area contributed by atoms with Crippen molar-refractivity contribution in [2.45, 2.75) is 18.7 Å². The molecule has 0 spiro atoms. The van der Waals surface area contributed by atoms with Crippen molar-refractivity contribution >= 4 is 11.9 Å². The first-order valence-electron chi connectivity index (χ1n) is 3.75. The van der Waals surface area contributed by atoms with Crippen LogP contribution in [0.25, 0.3) is 0 Å². The van der Waals surface area contributed by atoms with Crippen molar-refractivity contribution in [1.29, 1.82) is 0 Å². The van der Waals surface area contributed by atoms with E-state index >= 15 is 0 Å². The first kappa shape index (κ1) is 13.7. The van der Waals surface area contributed by atoms with E-state index in [4.69, 9.17) is 10.2 Å². The first-order valence-corrected chi connectivity index (χ1v) is 3.75. The summed E-state index contributed by atoms with van der Waals surface area (Å²) in [5, 5.41) is 17.0. The van der Waals surface area contributed by atoms with Gasteiger partial charge in [0.1, 0.15) is 0 Å². The summed E-state index contributed by atoms with van der Waals surface area (Å²) < 4.78 is 39.5. The molecule has 0 saturated carbocycles. The minimum absolute atomic E-state index is 0.845. The van der Waals surface area contributed by atoms with Gasteiger partial charge in [0, 0.05) is 6.42 Å². The van der Waals surface area contributed by atoms with Crippen molar-refractivity contribution in [2.75, 3.05) is 7.11 Å². The van der Waals surface area contributed by atoms with Gasteiger partial charge in [0.2, 0.25) is 0 Å². The fourth-order valence-corrected chi connectivity index (χ4v) is 0.797. The van der Waals surface area contributed by atoms with Gasteiger partial charge in [-0.05, 0) is 0 Å². The van der Waals surface area contributed by atoms with Crippen LogP contribution >= 0.6 is 0 Å². The van der Waals surface area contributed by atoms with Gasteiger partial charge in [0.15, 0.2) is 12.0 Å². The summed E-state index contributed by atoms with van der Waals surface area (Å²) in [5.74, 6) is -5.12. The van der Waals surface area contributed by atoms with Crippen LogP contribution in [0.1, 0.15) is 6.42 Å². The minimum Gasteiger partial charge on any atom is -0.481 e. The van der Waals surface area contributed by atoms with E-state index in [1.807, 2.05) is 0 Å². The van der Waals surface area contributed by atoms with E-state index in [0.29, 0.717) is 0 Å². The van der Waals surface area contributed by atoms with E-state index in [2.05, 4.69) is 4.74 Å². The molecule has 2 N–H and O–H groups in total. The minimum atomic E-state index is -4.96. The number of halogens is 3. The maximum atomic E-state index is 11.8. The number of alkyl halides is 3. The molecule has 0 aromatic heterocycles. The lowest BCUT2D eigenvalue weighted by Gasteiger charge is -2.17. The Morgan fingerprint density at radius 3 is 2.13 bits per heavy atom. The van der Waals surface area contributed by atoms with Crippen molar-refractivity contribution in [3.63, 3.8) is 0 Å². The molecule has 0 aliphatic carbocycles. The van der Waals surface area contributed by atoms with Crippen molar-refractivity contribution in [3.05, 3.63) is 0 Å². The van der Waals surface area contributed by atoms with Crippen LogP contribution in [0.2, 0.25) is 0 Å². The fourth-order valence-electron chi connectivity index (χ4n) is 0.797. The quantitative estimate of drug-likeness (QED) is 0.531. The number of methoxy groups -OCH3 is 1. The molecule has 2 unspecified atom stereocenters. The molecule has 8 heteroatoms. The van der Waals surface area contributed by atoms with Gasteiger partial charge < -0.3 is 14.9 Å². The summed E-state index contributed by atoms with van der Waals surface area (Å²) in [4.78, 5) is 21.1. The molecule has 88 valence electrons. The topological polar surface area (TPSA) is 83.8 Å². The van der Waals surface area contributed by atoms with Crippen LogP contribution in [0.4, 0.5) is 13.2 Å². The Morgan fingerprint density at radius 1 is 1.40 bits per heavy atom. The molecular formula is C7H9F3O5. The highest BCUT2D eigenvalue weighted by molar-refractivity contribution is 5.93. The number of ether oxygens (including phenoxy) is 1. The van der Waals surface area contributed by atoms with Crippen LogP contribution in [0.5, 0.6) is 0 Å². The largest absolute Gasteiger partial charge is 0.481 e. The predicted octanol–water partition coefficient (Wildman–Crippen LogP) is 0.173. The molecule has 0 aliphatic heterocycles. The normalized spacial score (nSPS) is 15.5. The van der Waals surface area contributed by atoms with E-state index < -0.39 is 36.6 Å². The van der Waals surface area contributed by atoms with Crippen LogP contribution in [0, 0.1) is 5.92 Å². The molecule has 0 fully saturated rings. The maximum absolute atomic E-state index is 11.8. The van der Waals surface area contributed by atoms with E-state index in [1.165, 1.54) is 0 Å². The Hall–Kier alpha value is -1.31. The second-order valence-electron chi connectivity index (χ2n) is 2.71. The number of esters is 1. The molecule has 0 rings (SSSR count). The SMILES string of the molecule is COC(=O)C(CC(O)C(F)(F)F)C(=O)O. The summed E-state index contributed by atoms with van der Waals surface area (Å²) in [6, 6.07) is 0. The Bertz CT molecular complexity index is 250. The molecule has 0 saturated heterocycles. The van der Waals surface area contributed by atoms with E-state index in [9.17, 15) is 22.8 Å². The summed E-state index contributed by atoms with van der Waals surface area (Å²) in [6.45, 7) is 0. The molecule has 0 heterocycles. The number of carbonyl (C=O) groups is 2. The lowest BCUT2D eigenvalue weighted by atomic mass is 10.0. The molecule has 0 radical (unpaired) electrons. The third-order valence-electron chi connectivity index (χ3n) is 1.62. The molecule has 0 aromatic carbocycles. The molecule has 0 bridgehead atoms. The molecule has 0 aromatic rings. The second-order valence-corrected chi connectivity index (χ2v) is 2.71. The number of rotatable bonds is 4. The van der Waals surface area contributed by atoms with Gasteiger partial charge in [-0.3, -0.25) is 9.59 Å². The van der Waals surface area contributed by atoms with Crippen molar-refractivity contribution in [3.8, 4) is 0 Å². The zero-order chi connectivity index (χ0) is 12.2. The van der Waals surface area contributed by atoms with E-state index in [-0.39, 0.29) is 0 Å². The van der Waals surface area contributed by atoms with Gasteiger partial charge >= 0.3 is 18.1 Å². The van der Waals surface area contributed by atoms with Crippen LogP contribution < -0.4 is 0 Å². The summed E-state index contributed by atoms with van der Waals surface area (Å²) in [7, 11) is 0.845. The molecule has 0 aliphatic rings. The number of aliphatic hydroxyl groups is 1. The number of carboxylic acids is 1. The van der Waals surface area contributed by atoms with Crippen LogP contribution in [0.15, 0.2) is 0 Å². The second kappa shape index (κ2) is 4.96. The zero-order valence-electron chi connectivity index (χ0n) is 7.61. The van der Waals surface area contributed by atoms with Gasteiger partial charge in [-0.1, -0.05) is 0 Å². The number of hydrogen-bond donors (Lipinski definition) is 2. The highest BCUT2D eigenvalue weighted by Crippen LogP contribution is 2.25. The molecular weight excluding hydrogens is 221 g/mol. The Morgan fingerprint density at radius 2 is 1.87 bits per heavy atom. The number of hydrogen-bond acceptors (Lipinski definition) is 4. The summed E-state index contributed by atoms with van der Waals surface area (Å²) >= 11 is 0. The summed E-state index contributed by atoms with van der Waals surface area (Å²) in [5.41, 5.74) is 0. The molecule has 5 nitrogen and oxygen atoms in total. The van der Waals surface area contributed by atoms with Crippen molar-refractivity contribution < 1.29 is 37.7 Å². The van der Waals surface area contributed by atoms with Gasteiger partial charge in [0.05, 0.1) is 7.11 Å². The molecule has 15 heavy (non-hydrogen) atoms. The lowest BCUT2D eigenvalue weighted by molar-refractivity contribution is -0.210. The smallest absolute Gasteiger partial charge is 0.414 e. The third-order valence-corrected chi connectivity index (χ3v) is 1.62. The Labute approximate surface area is 82.5 Å². The standard InChI is InChI=1S/C7H9F3O5/c1-15-6(14)3(5(12)13)2-4(11)7(8,9)10/h3-4,11H,2H2,1H3,(H,12,13). The van der Waals surface area contributed by atoms with Gasteiger partial charge in [-0.2, -0.15) is 13.2 Å². The Kier molecular flexibility index (Phi) is 4.53. The van der Waals surface area contributed by atoms with Crippen molar-refractivity contribution in [2.24, 2.45) is 5.92 Å². The van der Waals surface area contributed by atoms with Gasteiger partial charge in [-0.15, -0.1) is 0 Å². The average molecular weight is 230 g/mol. The predicted molar refractivity (Wildman–Crippen MR) is 39.8 cm³/mol. The highest BCUT2D eigenvalue weighted by Gasteiger charge is 2.43. The average Bonchev–Trinajstić information content (AvgIpc) is 2.10. The van der Waals surface area contributed by atoms with Crippen molar-refractivity contribution in [1.82, 2.24) is 0 Å². The number of aliphatic hydroxyl groups excluding tert-OH is 1. The summed E-state index contributed by atoms with van der Waals surface area (Å²) in [6.07, 6.45) is -9.08. The van der Waals surface area contributed by atoms with Gasteiger partial charge in [0.25, 0.3) is 0 Å². The molecule has 2 atom stereocenters. The lowest BCUT2D eigenvalue weighted by Crippen LogP contribution is -2.36. The Balaban J connectivity index is 4.57.